The summed E-state index contributed by atoms with van der Waals surface area (Å²) >= 11 is 0. The summed E-state index contributed by atoms with van der Waals surface area (Å²) in [6.45, 7) is 0. The molecule has 0 aromatic carbocycles. The van der Waals surface area contributed by atoms with Crippen molar-refractivity contribution in [2.75, 3.05) is 12.4 Å². The lowest BCUT2D eigenvalue weighted by molar-refractivity contribution is -0.124. The number of aromatic amines is 1. The minimum absolute atomic E-state index is 0.0522. The lowest BCUT2D eigenvalue weighted by atomic mass is 9.86. The first-order valence-corrected chi connectivity index (χ1v) is 9.43. The number of nitrogens with zero attached hydrogens (tertiary/aromatic N) is 1. The van der Waals surface area contributed by atoms with Gasteiger partial charge in [0.15, 0.2) is 0 Å². The fourth-order valence-electron chi connectivity index (χ4n) is 3.79. The first-order valence-electron chi connectivity index (χ1n) is 9.43. The molecule has 1 aromatic heterocycles. The highest BCUT2D eigenvalue weighted by Gasteiger charge is 2.37. The predicted molar refractivity (Wildman–Crippen MR) is 94.6 cm³/mol. The fourth-order valence-corrected chi connectivity index (χ4v) is 3.79. The second-order valence-electron chi connectivity index (χ2n) is 7.46. The zero-order valence-corrected chi connectivity index (χ0v) is 15.4. The number of anilines is 1. The number of hydrogen-bond donors (Lipinski definition) is 3. The molecular weight excluding hydrogens is 358 g/mol. The molecule has 0 spiro atoms. The molecule has 2 saturated carbocycles. The Morgan fingerprint density at radius 1 is 1.19 bits per heavy atom. The number of carbonyl (C=O) groups excluding carboxylic acids is 2. The van der Waals surface area contributed by atoms with E-state index >= 15 is 0 Å². The molecule has 0 atom stereocenters. The van der Waals surface area contributed by atoms with Crippen molar-refractivity contribution < 1.29 is 23.1 Å². The average molecular weight is 384 g/mol. The van der Waals surface area contributed by atoms with E-state index in [2.05, 4.69) is 20.8 Å². The minimum Gasteiger partial charge on any atom is -0.381 e. The number of aromatic nitrogens is 2. The third-order valence-electron chi connectivity index (χ3n) is 5.55. The Kier molecular flexibility index (Phi) is 6.08. The molecule has 2 aliphatic rings. The summed E-state index contributed by atoms with van der Waals surface area (Å²) in [6, 6.07) is 0.0522. The molecular formula is C18H26F2N4O3. The Morgan fingerprint density at radius 3 is 2.48 bits per heavy atom. The maximum atomic E-state index is 13.3. The quantitative estimate of drug-likeness (QED) is 0.727. The molecule has 0 saturated heterocycles. The van der Waals surface area contributed by atoms with E-state index in [-0.39, 0.29) is 61.0 Å². The van der Waals surface area contributed by atoms with E-state index < -0.39 is 11.8 Å². The van der Waals surface area contributed by atoms with Gasteiger partial charge >= 0.3 is 0 Å². The average Bonchev–Trinajstić information content (AvgIpc) is 3.10. The first kappa shape index (κ1) is 19.7. The van der Waals surface area contributed by atoms with E-state index in [1.54, 1.807) is 7.11 Å². The van der Waals surface area contributed by atoms with Gasteiger partial charge in [-0.15, -0.1) is 0 Å². The molecule has 150 valence electrons. The Bertz CT molecular complexity index is 661. The summed E-state index contributed by atoms with van der Waals surface area (Å²) in [5, 5.41) is 12.1. The number of hydrogen-bond acceptors (Lipinski definition) is 4. The van der Waals surface area contributed by atoms with Gasteiger partial charge in [-0.1, -0.05) is 0 Å². The van der Waals surface area contributed by atoms with Crippen LogP contribution in [-0.2, 0) is 9.53 Å². The number of carbonyl (C=O) groups is 2. The number of H-pyrrole nitrogens is 1. The third-order valence-corrected chi connectivity index (χ3v) is 5.55. The van der Waals surface area contributed by atoms with Crippen LogP contribution in [0.3, 0.4) is 0 Å². The van der Waals surface area contributed by atoms with Crippen molar-refractivity contribution in [1.82, 2.24) is 15.5 Å². The molecule has 7 nitrogen and oxygen atoms in total. The molecule has 2 amide bonds. The van der Waals surface area contributed by atoms with E-state index in [1.807, 2.05) is 0 Å². The smallest absolute Gasteiger partial charge is 0.271 e. The van der Waals surface area contributed by atoms with Gasteiger partial charge in [-0.2, -0.15) is 5.10 Å². The van der Waals surface area contributed by atoms with Crippen molar-refractivity contribution in [2.45, 2.75) is 69.4 Å². The van der Waals surface area contributed by atoms with Gasteiger partial charge in [0.2, 0.25) is 11.8 Å². The van der Waals surface area contributed by atoms with Gasteiger partial charge in [0.05, 0.1) is 18.0 Å². The summed E-state index contributed by atoms with van der Waals surface area (Å²) in [5.41, 5.74) is 0.457. The second-order valence-corrected chi connectivity index (χ2v) is 7.46. The summed E-state index contributed by atoms with van der Waals surface area (Å²) < 4.78 is 31.8. The monoisotopic (exact) mass is 384 g/mol. The topological polar surface area (TPSA) is 96.1 Å². The highest BCUT2D eigenvalue weighted by molar-refractivity contribution is 6.02. The van der Waals surface area contributed by atoms with Gasteiger partial charge in [0, 0.05) is 31.9 Å². The number of nitrogens with one attached hydrogen (secondary N) is 3. The normalized spacial score (nSPS) is 25.7. The van der Waals surface area contributed by atoms with E-state index in [0.717, 1.165) is 25.7 Å². The third kappa shape index (κ3) is 5.03. The van der Waals surface area contributed by atoms with Crippen LogP contribution < -0.4 is 10.6 Å². The van der Waals surface area contributed by atoms with Crippen LogP contribution in [0.5, 0.6) is 0 Å². The first-order chi connectivity index (χ1) is 12.9. The van der Waals surface area contributed by atoms with Crippen molar-refractivity contribution >= 4 is 17.5 Å². The summed E-state index contributed by atoms with van der Waals surface area (Å²) in [7, 11) is 1.69. The van der Waals surface area contributed by atoms with Crippen LogP contribution in [0.2, 0.25) is 0 Å². The Morgan fingerprint density at radius 2 is 1.85 bits per heavy atom. The molecule has 0 bridgehead atoms. The lowest BCUT2D eigenvalue weighted by Gasteiger charge is -2.28. The summed E-state index contributed by atoms with van der Waals surface area (Å²) in [4.78, 5) is 24.9. The summed E-state index contributed by atoms with van der Waals surface area (Å²) in [6.07, 6.45) is 4.76. The van der Waals surface area contributed by atoms with Crippen LogP contribution in [0, 0.1) is 5.92 Å². The molecule has 0 radical (unpaired) electrons. The predicted octanol–water partition coefficient (Wildman–Crippen LogP) is 2.86. The lowest BCUT2D eigenvalue weighted by Crippen LogP contribution is -2.39. The number of methoxy groups -OCH3 is 1. The van der Waals surface area contributed by atoms with Gasteiger partial charge in [0.25, 0.3) is 5.91 Å². The number of amides is 2. The highest BCUT2D eigenvalue weighted by atomic mass is 19.3. The highest BCUT2D eigenvalue weighted by Crippen LogP contribution is 2.36. The zero-order valence-electron chi connectivity index (χ0n) is 15.4. The zero-order chi connectivity index (χ0) is 19.4. The van der Waals surface area contributed by atoms with Gasteiger partial charge in [-0.3, -0.25) is 14.7 Å². The Balaban J connectivity index is 1.54. The molecule has 3 rings (SSSR count). The van der Waals surface area contributed by atoms with Gasteiger partial charge < -0.3 is 15.4 Å². The van der Waals surface area contributed by atoms with Crippen LogP contribution >= 0.6 is 0 Å². The van der Waals surface area contributed by atoms with E-state index in [9.17, 15) is 18.4 Å². The van der Waals surface area contributed by atoms with Crippen LogP contribution in [0.25, 0.3) is 0 Å². The molecule has 1 aromatic rings. The maximum Gasteiger partial charge on any atom is 0.271 e. The molecule has 1 heterocycles. The minimum atomic E-state index is -2.68. The molecule has 0 aliphatic heterocycles. The molecule has 27 heavy (non-hydrogen) atoms. The largest absolute Gasteiger partial charge is 0.381 e. The molecule has 3 N–H and O–H groups in total. The van der Waals surface area contributed by atoms with Crippen molar-refractivity contribution in [1.29, 1.82) is 0 Å². The second kappa shape index (κ2) is 8.33. The van der Waals surface area contributed by atoms with Crippen molar-refractivity contribution in [3.8, 4) is 0 Å². The van der Waals surface area contributed by atoms with E-state index in [4.69, 9.17) is 4.74 Å². The van der Waals surface area contributed by atoms with Crippen molar-refractivity contribution in [3.63, 3.8) is 0 Å². The maximum absolute atomic E-state index is 13.3. The van der Waals surface area contributed by atoms with Gasteiger partial charge in [-0.25, -0.2) is 8.78 Å². The Labute approximate surface area is 156 Å². The molecule has 0 unspecified atom stereocenters. The number of alkyl halides is 2. The summed E-state index contributed by atoms with van der Waals surface area (Å²) in [5.74, 6) is -3.83. The number of halogens is 2. The molecule has 2 fully saturated rings. The van der Waals surface area contributed by atoms with Crippen molar-refractivity contribution in [3.05, 3.63) is 11.9 Å². The van der Waals surface area contributed by atoms with Crippen LogP contribution in [-0.4, -0.2) is 47.2 Å². The van der Waals surface area contributed by atoms with Crippen LogP contribution in [0.15, 0.2) is 6.20 Å². The van der Waals surface area contributed by atoms with Crippen LogP contribution in [0.1, 0.15) is 61.9 Å². The van der Waals surface area contributed by atoms with Gasteiger partial charge in [0.1, 0.15) is 5.69 Å². The van der Waals surface area contributed by atoms with Crippen molar-refractivity contribution in [2.24, 2.45) is 5.92 Å². The molecule has 9 heteroatoms. The Hall–Kier alpha value is -2.03. The SMILES string of the molecule is COC1CCC(NC(=O)c2[nH]ncc2NC(=O)C2CCC(F)(F)CC2)CC1. The number of ether oxygens (including phenoxy) is 1. The molecule has 2 aliphatic carbocycles. The van der Waals surface area contributed by atoms with E-state index in [0.29, 0.717) is 0 Å². The number of rotatable bonds is 5. The van der Waals surface area contributed by atoms with Crippen LogP contribution in [0.4, 0.5) is 14.5 Å². The van der Waals surface area contributed by atoms with E-state index in [1.165, 1.54) is 6.20 Å². The van der Waals surface area contributed by atoms with Gasteiger partial charge in [-0.05, 0) is 38.5 Å². The standard InChI is InChI=1S/C18H26F2N4O3/c1-27-13-4-2-12(3-5-13)22-17(26)15-14(10-21-24-15)23-16(25)11-6-8-18(19,20)9-7-11/h10-13H,2-9H2,1H3,(H,21,24)(H,22,26)(H,23,25). The fraction of sp³-hybridized carbons (Fsp3) is 0.722.